The minimum Gasteiger partial charge on any atom is -0.322 e. The number of sulfonamides is 1. The van der Waals surface area contributed by atoms with Crippen molar-refractivity contribution in [2.45, 2.75) is 11.8 Å². The van der Waals surface area contributed by atoms with E-state index in [-0.39, 0.29) is 15.5 Å². The molecule has 2 N–H and O–H groups in total. The molecule has 0 aliphatic carbocycles. The van der Waals surface area contributed by atoms with Gasteiger partial charge in [0, 0.05) is 29.3 Å². The molecule has 0 fully saturated rings. The Bertz CT molecular complexity index is 1070. The molecule has 2 aromatic carbocycles. The van der Waals surface area contributed by atoms with Gasteiger partial charge in [0.25, 0.3) is 15.9 Å². The molecule has 0 unspecified atom stereocenters. The lowest BCUT2D eigenvalue weighted by atomic mass is 10.2. The highest BCUT2D eigenvalue weighted by Gasteiger charge is 2.20. The third-order valence-corrected chi connectivity index (χ3v) is 5.59. The van der Waals surface area contributed by atoms with Crippen molar-refractivity contribution in [3.8, 4) is 0 Å². The summed E-state index contributed by atoms with van der Waals surface area (Å²) >= 11 is 6.08. The molecule has 138 valence electrons. The number of pyridine rings is 1. The molecule has 0 bridgehead atoms. The van der Waals surface area contributed by atoms with Crippen molar-refractivity contribution >= 4 is 38.9 Å². The Hall–Kier alpha value is -2.90. The molecular formula is C19H16ClN3O3S. The van der Waals surface area contributed by atoms with Gasteiger partial charge in [-0.15, -0.1) is 0 Å². The van der Waals surface area contributed by atoms with Crippen molar-refractivity contribution in [1.82, 2.24) is 4.98 Å². The Balaban J connectivity index is 1.88. The lowest BCUT2D eigenvalue weighted by Gasteiger charge is -2.11. The van der Waals surface area contributed by atoms with Gasteiger partial charge in [0.05, 0.1) is 5.02 Å². The molecule has 0 atom stereocenters. The predicted molar refractivity (Wildman–Crippen MR) is 106 cm³/mol. The van der Waals surface area contributed by atoms with E-state index in [0.29, 0.717) is 11.4 Å². The largest absolute Gasteiger partial charge is 0.322 e. The van der Waals surface area contributed by atoms with Crippen LogP contribution in [0.1, 0.15) is 15.9 Å². The number of amides is 1. The van der Waals surface area contributed by atoms with Crippen LogP contribution in [-0.2, 0) is 10.0 Å². The van der Waals surface area contributed by atoms with Crippen LogP contribution in [0.5, 0.6) is 0 Å². The van der Waals surface area contributed by atoms with Crippen molar-refractivity contribution in [1.29, 1.82) is 0 Å². The highest BCUT2D eigenvalue weighted by atomic mass is 35.5. The van der Waals surface area contributed by atoms with E-state index in [4.69, 9.17) is 11.6 Å². The molecule has 0 aliphatic rings. The van der Waals surface area contributed by atoms with Gasteiger partial charge in [0.15, 0.2) is 0 Å². The first-order valence-corrected chi connectivity index (χ1v) is 9.82. The molecular weight excluding hydrogens is 386 g/mol. The van der Waals surface area contributed by atoms with Gasteiger partial charge in [-0.05, 0) is 49.4 Å². The number of nitrogens with one attached hydrogen (secondary N) is 2. The quantitative estimate of drug-likeness (QED) is 0.673. The summed E-state index contributed by atoms with van der Waals surface area (Å²) in [6.45, 7) is 1.90. The number of aromatic nitrogens is 1. The maximum atomic E-state index is 12.7. The molecule has 0 saturated carbocycles. The number of rotatable bonds is 5. The van der Waals surface area contributed by atoms with Crippen LogP contribution >= 0.6 is 11.6 Å². The molecule has 27 heavy (non-hydrogen) atoms. The number of nitrogens with zero attached hydrogens (tertiary/aromatic N) is 1. The Labute approximate surface area is 162 Å². The van der Waals surface area contributed by atoms with Crippen LogP contribution in [0.3, 0.4) is 0 Å². The minimum atomic E-state index is -3.96. The predicted octanol–water partition coefficient (Wildman–Crippen LogP) is 4.10. The van der Waals surface area contributed by atoms with Gasteiger partial charge < -0.3 is 5.32 Å². The monoisotopic (exact) mass is 401 g/mol. The number of benzene rings is 2. The van der Waals surface area contributed by atoms with E-state index in [1.807, 2.05) is 6.92 Å². The standard InChI is InChI=1S/C19H16ClN3O3S/c1-13-2-5-16(6-3-13)23-27(25,26)18-12-14(4-7-17(18)20)19(24)22-15-8-10-21-11-9-15/h2-12,23H,1H3,(H,21,22,24). The molecule has 0 aliphatic heterocycles. The fourth-order valence-electron chi connectivity index (χ4n) is 2.32. The summed E-state index contributed by atoms with van der Waals surface area (Å²) in [7, 11) is -3.96. The zero-order valence-corrected chi connectivity index (χ0v) is 15.9. The zero-order valence-electron chi connectivity index (χ0n) is 14.3. The lowest BCUT2D eigenvalue weighted by Crippen LogP contribution is -2.16. The number of carbonyl (C=O) groups is 1. The Morgan fingerprint density at radius 3 is 2.30 bits per heavy atom. The van der Waals surface area contributed by atoms with E-state index < -0.39 is 15.9 Å². The van der Waals surface area contributed by atoms with Crippen molar-refractivity contribution < 1.29 is 13.2 Å². The summed E-state index contributed by atoms with van der Waals surface area (Å²) in [6.07, 6.45) is 3.08. The lowest BCUT2D eigenvalue weighted by molar-refractivity contribution is 0.102. The number of aryl methyl sites for hydroxylation is 1. The first kappa shape index (κ1) is 18.9. The second-order valence-electron chi connectivity index (χ2n) is 5.81. The first-order chi connectivity index (χ1) is 12.8. The molecule has 0 spiro atoms. The van der Waals surface area contributed by atoms with Crippen molar-refractivity contribution in [3.05, 3.63) is 83.1 Å². The Morgan fingerprint density at radius 2 is 1.63 bits per heavy atom. The average Bonchev–Trinajstić information content (AvgIpc) is 2.64. The molecule has 6 nitrogen and oxygen atoms in total. The smallest absolute Gasteiger partial charge is 0.263 e. The third kappa shape index (κ3) is 4.64. The van der Waals surface area contributed by atoms with Crippen LogP contribution in [0.15, 0.2) is 71.9 Å². The number of hydrogen-bond donors (Lipinski definition) is 2. The summed E-state index contributed by atoms with van der Waals surface area (Å²) in [4.78, 5) is 16.1. The van der Waals surface area contributed by atoms with Crippen LogP contribution in [0.25, 0.3) is 0 Å². The topological polar surface area (TPSA) is 88.2 Å². The van der Waals surface area contributed by atoms with Gasteiger partial charge in [-0.1, -0.05) is 29.3 Å². The van der Waals surface area contributed by atoms with Crippen LogP contribution in [-0.4, -0.2) is 19.3 Å². The van der Waals surface area contributed by atoms with Crippen molar-refractivity contribution in [3.63, 3.8) is 0 Å². The molecule has 8 heteroatoms. The van der Waals surface area contributed by atoms with Gasteiger partial charge in [0.1, 0.15) is 4.90 Å². The van der Waals surface area contributed by atoms with E-state index in [9.17, 15) is 13.2 Å². The van der Waals surface area contributed by atoms with Crippen LogP contribution in [0, 0.1) is 6.92 Å². The molecule has 0 saturated heterocycles. The first-order valence-electron chi connectivity index (χ1n) is 7.95. The number of anilines is 2. The number of halogens is 1. The molecule has 1 aromatic heterocycles. The Kier molecular flexibility index (Phi) is 5.43. The third-order valence-electron chi connectivity index (χ3n) is 3.72. The van der Waals surface area contributed by atoms with Crippen molar-refractivity contribution in [2.75, 3.05) is 10.0 Å². The second kappa shape index (κ2) is 7.77. The second-order valence-corrected chi connectivity index (χ2v) is 7.86. The fourth-order valence-corrected chi connectivity index (χ4v) is 3.91. The molecule has 0 radical (unpaired) electrons. The van der Waals surface area contributed by atoms with E-state index in [1.54, 1.807) is 48.8 Å². The minimum absolute atomic E-state index is 0.0232. The number of carbonyl (C=O) groups excluding carboxylic acids is 1. The summed E-state index contributed by atoms with van der Waals surface area (Å²) in [5.74, 6) is -0.454. The highest BCUT2D eigenvalue weighted by Crippen LogP contribution is 2.25. The van der Waals surface area contributed by atoms with E-state index in [2.05, 4.69) is 15.0 Å². The van der Waals surface area contributed by atoms with Gasteiger partial charge in [-0.2, -0.15) is 0 Å². The molecule has 1 amide bonds. The van der Waals surface area contributed by atoms with Gasteiger partial charge in [0.2, 0.25) is 0 Å². The maximum Gasteiger partial charge on any atom is 0.263 e. The average molecular weight is 402 g/mol. The van der Waals surface area contributed by atoms with Crippen LogP contribution < -0.4 is 10.0 Å². The maximum absolute atomic E-state index is 12.7. The molecule has 3 aromatic rings. The van der Waals surface area contributed by atoms with Gasteiger partial charge in [-0.25, -0.2) is 8.42 Å². The normalized spacial score (nSPS) is 11.0. The van der Waals surface area contributed by atoms with Crippen LogP contribution in [0.2, 0.25) is 5.02 Å². The van der Waals surface area contributed by atoms with E-state index >= 15 is 0 Å². The summed E-state index contributed by atoms with van der Waals surface area (Å²) in [6, 6.07) is 14.2. The summed E-state index contributed by atoms with van der Waals surface area (Å²) < 4.78 is 27.9. The molecule has 3 rings (SSSR count). The Morgan fingerprint density at radius 1 is 0.963 bits per heavy atom. The summed E-state index contributed by atoms with van der Waals surface area (Å²) in [5, 5.41) is 2.70. The SMILES string of the molecule is Cc1ccc(NS(=O)(=O)c2cc(C(=O)Nc3ccncc3)ccc2Cl)cc1. The summed E-state index contributed by atoms with van der Waals surface area (Å²) in [5.41, 5.74) is 2.13. The zero-order chi connectivity index (χ0) is 19.4. The molecule has 1 heterocycles. The van der Waals surface area contributed by atoms with Gasteiger partial charge in [-0.3, -0.25) is 14.5 Å². The van der Waals surface area contributed by atoms with Gasteiger partial charge >= 0.3 is 0 Å². The van der Waals surface area contributed by atoms with E-state index in [1.165, 1.54) is 18.2 Å². The van der Waals surface area contributed by atoms with E-state index in [0.717, 1.165) is 5.56 Å². The van der Waals surface area contributed by atoms with Crippen molar-refractivity contribution in [2.24, 2.45) is 0 Å². The van der Waals surface area contributed by atoms with Crippen LogP contribution in [0.4, 0.5) is 11.4 Å². The number of hydrogen-bond acceptors (Lipinski definition) is 4. The fraction of sp³-hybridized carbons (Fsp3) is 0.0526. The highest BCUT2D eigenvalue weighted by molar-refractivity contribution is 7.92.